The third-order valence-corrected chi connectivity index (χ3v) is 4.76. The summed E-state index contributed by atoms with van der Waals surface area (Å²) in [4.78, 5) is 0. The molecule has 3 unspecified atom stereocenters. The Bertz CT molecular complexity index is 687. The summed E-state index contributed by atoms with van der Waals surface area (Å²) in [5.41, 5.74) is 1.57. The zero-order chi connectivity index (χ0) is 17.9. The van der Waals surface area contributed by atoms with Crippen LogP contribution in [0.15, 0.2) is 54.6 Å². The summed E-state index contributed by atoms with van der Waals surface area (Å²) in [6, 6.07) is 18.1. The highest BCUT2D eigenvalue weighted by Gasteiger charge is 2.43. The van der Waals surface area contributed by atoms with E-state index in [1.807, 2.05) is 56.3 Å². The Balaban J connectivity index is 1.85. The van der Waals surface area contributed by atoms with Gasteiger partial charge < -0.3 is 19.9 Å². The van der Waals surface area contributed by atoms with Gasteiger partial charge in [-0.15, -0.1) is 0 Å². The number of para-hydroxylation sites is 1. The molecule has 2 N–H and O–H groups in total. The molecule has 0 spiro atoms. The molecule has 1 heterocycles. The number of benzene rings is 2. The second-order valence-electron chi connectivity index (χ2n) is 7.17. The number of aliphatic hydroxyl groups excluding tert-OH is 1. The van der Waals surface area contributed by atoms with Crippen LogP contribution in [0.1, 0.15) is 31.0 Å². The van der Waals surface area contributed by atoms with Gasteiger partial charge in [0.15, 0.2) is 0 Å². The number of hydrogen-bond acceptors (Lipinski definition) is 4. The maximum absolute atomic E-state index is 10.9. The van der Waals surface area contributed by atoms with E-state index >= 15 is 0 Å². The molecule has 1 aliphatic heterocycles. The van der Waals surface area contributed by atoms with Crippen molar-refractivity contribution >= 4 is 0 Å². The molecule has 0 amide bonds. The van der Waals surface area contributed by atoms with Crippen LogP contribution >= 0.6 is 0 Å². The molecule has 4 heteroatoms. The van der Waals surface area contributed by atoms with Crippen LogP contribution in [0.4, 0.5) is 0 Å². The predicted molar refractivity (Wildman–Crippen MR) is 98.8 cm³/mol. The minimum atomic E-state index is -0.656. The molecule has 2 aromatic carbocycles. The second kappa shape index (κ2) is 7.56. The molecule has 0 saturated carbocycles. The lowest BCUT2D eigenvalue weighted by molar-refractivity contribution is -0.0678. The standard InChI is InChI=1S/C21H27NO3/c1-21(2)20(23)19(17-11-7-8-12-18(17)25-21)22-16(14-24-3)13-15-9-5-4-6-10-15/h4-12,16,19-20,22-23H,13-14H2,1-3H3. The summed E-state index contributed by atoms with van der Waals surface area (Å²) < 4.78 is 11.4. The fourth-order valence-electron chi connectivity index (χ4n) is 3.45. The van der Waals surface area contributed by atoms with Crippen molar-refractivity contribution < 1.29 is 14.6 Å². The van der Waals surface area contributed by atoms with Gasteiger partial charge in [0.2, 0.25) is 0 Å². The highest BCUT2D eigenvalue weighted by Crippen LogP contribution is 2.39. The number of hydrogen-bond donors (Lipinski definition) is 2. The average Bonchev–Trinajstić information content (AvgIpc) is 2.59. The molecule has 0 bridgehead atoms. The van der Waals surface area contributed by atoms with Gasteiger partial charge in [0.1, 0.15) is 17.5 Å². The van der Waals surface area contributed by atoms with Crippen LogP contribution in [0, 0.1) is 0 Å². The van der Waals surface area contributed by atoms with Crippen molar-refractivity contribution in [3.05, 3.63) is 65.7 Å². The van der Waals surface area contributed by atoms with Crippen molar-refractivity contribution in [2.45, 2.75) is 44.1 Å². The topological polar surface area (TPSA) is 50.7 Å². The Morgan fingerprint density at radius 2 is 1.80 bits per heavy atom. The molecular formula is C21H27NO3. The minimum Gasteiger partial charge on any atom is -0.485 e. The molecule has 3 rings (SSSR count). The third-order valence-electron chi connectivity index (χ3n) is 4.76. The maximum Gasteiger partial charge on any atom is 0.131 e. The number of nitrogens with one attached hydrogen (secondary N) is 1. The largest absolute Gasteiger partial charge is 0.485 e. The van der Waals surface area contributed by atoms with Crippen molar-refractivity contribution in [3.63, 3.8) is 0 Å². The smallest absolute Gasteiger partial charge is 0.131 e. The van der Waals surface area contributed by atoms with Crippen molar-refractivity contribution in [3.8, 4) is 5.75 Å². The van der Waals surface area contributed by atoms with Crippen LogP contribution in [0.3, 0.4) is 0 Å². The van der Waals surface area contributed by atoms with E-state index in [0.29, 0.717) is 6.61 Å². The third kappa shape index (κ3) is 4.03. The van der Waals surface area contributed by atoms with Crippen LogP contribution in [0.2, 0.25) is 0 Å². The fourth-order valence-corrected chi connectivity index (χ4v) is 3.45. The quantitative estimate of drug-likeness (QED) is 0.848. The lowest BCUT2D eigenvalue weighted by atomic mass is 9.86. The molecule has 2 aromatic rings. The molecule has 0 aromatic heterocycles. The molecule has 0 aliphatic carbocycles. The summed E-state index contributed by atoms with van der Waals surface area (Å²) in [7, 11) is 1.71. The van der Waals surface area contributed by atoms with Gasteiger partial charge in [0, 0.05) is 18.7 Å². The van der Waals surface area contributed by atoms with E-state index in [9.17, 15) is 5.11 Å². The normalized spacial score (nSPS) is 22.7. The summed E-state index contributed by atoms with van der Waals surface area (Å²) in [6.45, 7) is 4.41. The predicted octanol–water partition coefficient (Wildman–Crippen LogP) is 3.11. The van der Waals surface area contributed by atoms with Crippen molar-refractivity contribution in [2.24, 2.45) is 0 Å². The van der Waals surface area contributed by atoms with E-state index < -0.39 is 11.7 Å². The summed E-state index contributed by atoms with van der Waals surface area (Å²) in [5.74, 6) is 0.825. The Kier molecular flexibility index (Phi) is 5.42. The van der Waals surface area contributed by atoms with Crippen LogP contribution in [-0.4, -0.2) is 36.6 Å². The Morgan fingerprint density at radius 1 is 1.12 bits per heavy atom. The lowest BCUT2D eigenvalue weighted by Gasteiger charge is -2.43. The van der Waals surface area contributed by atoms with E-state index in [1.165, 1.54) is 5.56 Å². The number of methoxy groups -OCH3 is 1. The van der Waals surface area contributed by atoms with Gasteiger partial charge in [-0.05, 0) is 31.9 Å². The molecular weight excluding hydrogens is 314 g/mol. The van der Waals surface area contributed by atoms with Crippen LogP contribution in [0.5, 0.6) is 5.75 Å². The molecule has 0 saturated heterocycles. The molecule has 134 valence electrons. The average molecular weight is 341 g/mol. The van der Waals surface area contributed by atoms with Gasteiger partial charge in [-0.3, -0.25) is 0 Å². The van der Waals surface area contributed by atoms with Gasteiger partial charge in [-0.2, -0.15) is 0 Å². The van der Waals surface area contributed by atoms with E-state index in [1.54, 1.807) is 7.11 Å². The zero-order valence-corrected chi connectivity index (χ0v) is 15.1. The van der Waals surface area contributed by atoms with E-state index in [-0.39, 0.29) is 12.1 Å². The fraction of sp³-hybridized carbons (Fsp3) is 0.429. The van der Waals surface area contributed by atoms with Crippen molar-refractivity contribution in [2.75, 3.05) is 13.7 Å². The van der Waals surface area contributed by atoms with E-state index in [0.717, 1.165) is 17.7 Å². The lowest BCUT2D eigenvalue weighted by Crippen LogP contribution is -2.55. The highest BCUT2D eigenvalue weighted by atomic mass is 16.5. The first-order valence-corrected chi connectivity index (χ1v) is 8.76. The molecule has 0 fully saturated rings. The number of rotatable bonds is 6. The minimum absolute atomic E-state index is 0.0917. The zero-order valence-electron chi connectivity index (χ0n) is 15.1. The molecule has 1 aliphatic rings. The Labute approximate surface area is 149 Å². The molecule has 3 atom stereocenters. The second-order valence-corrected chi connectivity index (χ2v) is 7.17. The van der Waals surface area contributed by atoms with Gasteiger partial charge in [-0.25, -0.2) is 0 Å². The summed E-state index contributed by atoms with van der Waals surface area (Å²) >= 11 is 0. The van der Waals surface area contributed by atoms with Crippen molar-refractivity contribution in [1.29, 1.82) is 0 Å². The Morgan fingerprint density at radius 3 is 2.52 bits per heavy atom. The van der Waals surface area contributed by atoms with Gasteiger partial charge in [-0.1, -0.05) is 48.5 Å². The summed E-state index contributed by atoms with van der Waals surface area (Å²) in [5, 5.41) is 14.5. The van der Waals surface area contributed by atoms with E-state index in [2.05, 4.69) is 17.4 Å². The molecule has 4 nitrogen and oxygen atoms in total. The monoisotopic (exact) mass is 341 g/mol. The highest BCUT2D eigenvalue weighted by molar-refractivity contribution is 5.40. The van der Waals surface area contributed by atoms with Gasteiger partial charge >= 0.3 is 0 Å². The molecule has 0 radical (unpaired) electrons. The van der Waals surface area contributed by atoms with Crippen LogP contribution in [0.25, 0.3) is 0 Å². The Hall–Kier alpha value is -1.88. The van der Waals surface area contributed by atoms with Gasteiger partial charge in [0.05, 0.1) is 12.6 Å². The first kappa shape index (κ1) is 17.9. The number of aliphatic hydroxyl groups is 1. The number of fused-ring (bicyclic) bond motifs is 1. The van der Waals surface area contributed by atoms with Crippen LogP contribution in [-0.2, 0) is 11.2 Å². The SMILES string of the molecule is COCC(Cc1ccccc1)NC1c2ccccc2OC(C)(C)C1O. The van der Waals surface area contributed by atoms with Crippen molar-refractivity contribution in [1.82, 2.24) is 5.32 Å². The first-order chi connectivity index (χ1) is 12.0. The van der Waals surface area contributed by atoms with Gasteiger partial charge in [0.25, 0.3) is 0 Å². The maximum atomic E-state index is 10.9. The number of ether oxygens (including phenoxy) is 2. The summed E-state index contributed by atoms with van der Waals surface area (Å²) in [6.07, 6.45) is 0.180. The first-order valence-electron chi connectivity index (χ1n) is 8.76. The molecule has 25 heavy (non-hydrogen) atoms. The van der Waals surface area contributed by atoms with Crippen LogP contribution < -0.4 is 10.1 Å². The van der Waals surface area contributed by atoms with E-state index in [4.69, 9.17) is 9.47 Å².